The maximum absolute atomic E-state index is 12.3. The zero-order chi connectivity index (χ0) is 112. The standard InChI is InChI=1S/2C19H28O2.C19H26O2.2C16H21BrO.C14H17BrO2.C13H15BrO2.C4H7O.3C4H9.Sn/c3*1-6-13-9-10-19(4,5)16-12-18(21-8-3)15(11-14(13)16)17(20)7-2;2*1-5-11-7-8-16(3,4)13-10-15(18-6-2)14(17)9-12(11)13;1-4-17-13-8-10-9(7-11(13)15)12(16)5-6-14(10,2)3;1-13(2)5-4-11(15)8-6-10(14)12(16-3)7-9(8)13;1-3-5-4-2;3*1-3-4-2;/h9,11-12,17,20H,6-8,10H2,1-5H3;6,11-12,17,20H,7-10H2,1-5H3;9,11-12H,6-8,10H2,1-5H3;7,9-10H,5-6,8H2,1-4H3;5,9-10H,6-8H2,1-4H3;7-8H,4-6H2,1-3H3;6-7H,4-5H2,1-3H3;1,4H2,2H3;3*1,3-4H2,2H3;/b;13-6+;;;11-5+;;;;;;;. The number of methoxy groups -OCH3 is 1. The SMILES string of the molecule is C/C=C1\CCC(C)(C)c2cc(OCC)c(Br)cc21.C/C=C1\CCC(C)(C)c2cc(OCC)c(C(O)CC)cc21.C=[C](OCC)[Sn]([CH2]CCC)([CH2]CCC)[CH2]CCC.CCOc1cc2c(cc1Br)C(=O)CCC2(C)C.CCOc1cc2c(cc1Br)C(CC)=CCC2(C)C.CCOc1cc2c(cc1C(=O)CC)C(CC)=CCC2(C)C.CCOc1cc2c(cc1C(O)CC)C(CC)=CCC2(C)C.COc1cc2c(cc1Br)C(=O)CCC2(C)C. The van der Waals surface area contributed by atoms with E-state index < -0.39 is 30.6 Å². The molecule has 150 heavy (non-hydrogen) atoms. The van der Waals surface area contributed by atoms with Crippen LogP contribution in [0, 0.1) is 0 Å². The van der Waals surface area contributed by atoms with Crippen LogP contribution in [0.5, 0.6) is 40.2 Å². The maximum atomic E-state index is 12.3. The molecule has 2 N–H and O–H groups in total. The molecule has 2 unspecified atom stereocenters. The van der Waals surface area contributed by atoms with E-state index >= 15 is 0 Å². The number of carbonyl (C=O) groups excluding carboxylic acids is 3. The largest absolute Gasteiger partial charge is 0.496 e. The third-order valence-electron chi connectivity index (χ3n) is 31.6. The van der Waals surface area contributed by atoms with E-state index in [-0.39, 0.29) is 55.3 Å². The first-order valence-electron chi connectivity index (χ1n) is 56.8. The number of hydrogen-bond donors (Lipinski definition) is 2. The number of carbonyl (C=O) groups is 3. The second-order valence-corrected chi connectivity index (χ2v) is 62.1. The minimum atomic E-state index is -2.24. The van der Waals surface area contributed by atoms with E-state index in [1.807, 2.05) is 86.6 Å². The van der Waals surface area contributed by atoms with E-state index in [4.69, 9.17) is 37.9 Å². The van der Waals surface area contributed by atoms with Gasteiger partial charge in [0.05, 0.1) is 82.4 Å². The van der Waals surface area contributed by atoms with E-state index in [1.54, 1.807) is 7.11 Å². The molecule has 7 aromatic rings. The van der Waals surface area contributed by atoms with E-state index in [1.165, 1.54) is 146 Å². The first-order chi connectivity index (χ1) is 70.9. The molecule has 0 saturated heterocycles. The normalized spacial score (nSPS) is 17.3. The van der Waals surface area contributed by atoms with Gasteiger partial charge in [-0.05, 0) is 426 Å². The van der Waals surface area contributed by atoms with Gasteiger partial charge in [-0.1, -0.05) is 169 Å². The number of fused-ring (bicyclic) bond motifs is 7. The summed E-state index contributed by atoms with van der Waals surface area (Å²) in [5.74, 6) is 6.60. The molecule has 0 radical (unpaired) electrons. The molecule has 7 aliphatic rings. The smallest absolute Gasteiger partial charge is 0.166 e. The molecular weight excluding hydrogens is 2230 g/mol. The minimum absolute atomic E-state index is 0.0514. The van der Waals surface area contributed by atoms with Crippen molar-refractivity contribution in [1.29, 1.82) is 0 Å². The van der Waals surface area contributed by atoms with Crippen LogP contribution in [0.2, 0.25) is 13.3 Å². The zero-order valence-electron chi connectivity index (χ0n) is 98.6. The fourth-order valence-corrected chi connectivity index (χ4v) is 38.3. The van der Waals surface area contributed by atoms with Crippen molar-refractivity contribution < 1.29 is 62.5 Å². The van der Waals surface area contributed by atoms with Gasteiger partial charge in [0, 0.05) is 41.5 Å². The van der Waals surface area contributed by atoms with Gasteiger partial charge < -0.3 is 43.4 Å². The fraction of sp³-hybridized carbons (Fsp3) is 0.568. The van der Waals surface area contributed by atoms with Crippen molar-refractivity contribution in [1.82, 2.24) is 0 Å². The van der Waals surface area contributed by atoms with Gasteiger partial charge in [0.25, 0.3) is 0 Å². The Morgan fingerprint density at radius 1 is 0.360 bits per heavy atom. The number of benzene rings is 7. The molecule has 0 saturated carbocycles. The van der Waals surface area contributed by atoms with Gasteiger partial charge in [-0.2, -0.15) is 0 Å². The Hall–Kier alpha value is -6.97. The Labute approximate surface area is 946 Å². The van der Waals surface area contributed by atoms with Gasteiger partial charge in [0.15, 0.2) is 17.3 Å². The molecular formula is C132H190Br4O13Sn. The fourth-order valence-electron chi connectivity index (χ4n) is 21.7. The van der Waals surface area contributed by atoms with Crippen LogP contribution in [0.25, 0.3) is 27.9 Å². The number of aliphatic hydroxyl groups is 2. The third kappa shape index (κ3) is 33.1. The molecule has 0 bridgehead atoms. The predicted molar refractivity (Wildman–Crippen MR) is 653 cm³/mol. The molecule has 0 aliphatic heterocycles. The molecule has 0 fully saturated rings. The Balaban J connectivity index is 0.000000232. The summed E-state index contributed by atoms with van der Waals surface area (Å²) in [4.78, 5) is 36.0. The molecule has 828 valence electrons. The number of aliphatic hydroxyl groups excluding tert-OH is 2. The van der Waals surface area contributed by atoms with Crippen LogP contribution in [0.4, 0.5) is 0 Å². The quantitative estimate of drug-likeness (QED) is 0.0223. The average molecular weight is 2420 g/mol. The van der Waals surface area contributed by atoms with E-state index in [9.17, 15) is 24.6 Å². The van der Waals surface area contributed by atoms with E-state index in [0.717, 1.165) is 174 Å². The Kier molecular flexibility index (Phi) is 51.5. The number of hydrogen-bond acceptors (Lipinski definition) is 13. The third-order valence-corrected chi connectivity index (χ3v) is 49.1. The molecule has 0 spiro atoms. The summed E-state index contributed by atoms with van der Waals surface area (Å²) in [7, 11) is 1.64. The van der Waals surface area contributed by atoms with Gasteiger partial charge in [-0.25, -0.2) is 0 Å². The van der Waals surface area contributed by atoms with Crippen LogP contribution in [-0.2, 0) is 42.6 Å². The average Bonchev–Trinajstić information content (AvgIpc) is 0.763. The van der Waals surface area contributed by atoms with Crippen LogP contribution in [0.15, 0.2) is 144 Å². The summed E-state index contributed by atoms with van der Waals surface area (Å²) >= 11 is 11.9. The van der Waals surface area contributed by atoms with Crippen molar-refractivity contribution in [3.05, 3.63) is 238 Å². The number of allylic oxidation sites excluding steroid dienone is 10. The predicted octanol–water partition coefficient (Wildman–Crippen LogP) is 39.5. The molecule has 0 heterocycles. The first-order valence-corrected chi connectivity index (χ1v) is 67.4. The van der Waals surface area contributed by atoms with Crippen LogP contribution < -0.4 is 33.2 Å². The van der Waals surface area contributed by atoms with Crippen LogP contribution >= 0.6 is 63.7 Å². The summed E-state index contributed by atoms with van der Waals surface area (Å²) < 4.78 is 55.0. The van der Waals surface area contributed by atoms with Gasteiger partial charge >= 0.3 is 120 Å². The van der Waals surface area contributed by atoms with Crippen molar-refractivity contribution in [2.75, 3.05) is 53.4 Å². The number of ether oxygens (including phenoxy) is 8. The van der Waals surface area contributed by atoms with E-state index in [0.29, 0.717) is 71.7 Å². The molecule has 7 aliphatic carbocycles. The van der Waals surface area contributed by atoms with Crippen LogP contribution in [-0.4, -0.2) is 99.3 Å². The minimum Gasteiger partial charge on any atom is -0.496 e. The van der Waals surface area contributed by atoms with E-state index in [2.05, 4.69) is 321 Å². The summed E-state index contributed by atoms with van der Waals surface area (Å²) in [5.41, 5.74) is 27.8. The molecule has 14 rings (SSSR count). The topological polar surface area (TPSA) is 166 Å². The van der Waals surface area contributed by atoms with Gasteiger partial charge in [-0.3, -0.25) is 14.4 Å². The van der Waals surface area contributed by atoms with Crippen molar-refractivity contribution in [3.63, 3.8) is 0 Å². The first kappa shape index (κ1) is 130. The number of rotatable bonds is 34. The summed E-state index contributed by atoms with van der Waals surface area (Å²) in [6.07, 6.45) is 34.6. The number of halogens is 4. The second kappa shape index (κ2) is 59.4. The Morgan fingerprint density at radius 2 is 0.633 bits per heavy atom. The summed E-state index contributed by atoms with van der Waals surface area (Å²) in [6.45, 7) is 78.3. The van der Waals surface area contributed by atoms with Crippen molar-refractivity contribution >= 4 is 127 Å². The summed E-state index contributed by atoms with van der Waals surface area (Å²) in [5, 5.41) is 20.7. The van der Waals surface area contributed by atoms with Gasteiger partial charge in [0.2, 0.25) is 0 Å². The summed E-state index contributed by atoms with van der Waals surface area (Å²) in [6, 6.07) is 29.5. The molecule has 0 aromatic heterocycles. The number of ketones is 3. The number of Topliss-reactive ketones (excluding diaryl/α,β-unsaturated/α-hetero) is 3. The van der Waals surface area contributed by atoms with Crippen molar-refractivity contribution in [2.45, 2.75) is 433 Å². The number of unbranched alkanes of at least 4 members (excludes halogenated alkanes) is 3. The molecule has 7 aromatic carbocycles. The Bertz CT molecular complexity index is 5840. The van der Waals surface area contributed by atoms with Crippen molar-refractivity contribution in [3.8, 4) is 40.2 Å². The monoisotopic (exact) mass is 2420 g/mol. The van der Waals surface area contributed by atoms with Gasteiger partial charge in [0.1, 0.15) is 40.2 Å². The molecule has 13 nitrogen and oxygen atoms in total. The Morgan fingerprint density at radius 3 is 0.953 bits per heavy atom. The van der Waals surface area contributed by atoms with Crippen LogP contribution in [0.3, 0.4) is 0 Å². The second-order valence-electron chi connectivity index (χ2n) is 45.5. The molecule has 18 heteroatoms. The maximum Gasteiger partial charge on any atom is 0.166 e. The van der Waals surface area contributed by atoms with Gasteiger partial charge in [-0.15, -0.1) is 0 Å². The van der Waals surface area contributed by atoms with Crippen LogP contribution in [0.1, 0.15) is 490 Å². The van der Waals surface area contributed by atoms with Crippen molar-refractivity contribution in [2.24, 2.45) is 0 Å². The molecule has 2 atom stereocenters. The zero-order valence-corrected chi connectivity index (χ0v) is 108. The molecule has 0 amide bonds.